The molecule has 0 unspecified atom stereocenters. The highest BCUT2D eigenvalue weighted by molar-refractivity contribution is 5.75. The Kier molecular flexibility index (Phi) is 4.37. The fourth-order valence-electron chi connectivity index (χ4n) is 2.74. The molecule has 1 N–H and O–H groups in total. The molecule has 1 amide bonds. The van der Waals surface area contributed by atoms with Crippen LogP contribution in [0.2, 0.25) is 0 Å². The molecule has 1 aromatic carbocycles. The maximum Gasteiger partial charge on any atom is 0.266 e. The quantitative estimate of drug-likeness (QED) is 0.936. The van der Waals surface area contributed by atoms with Crippen molar-refractivity contribution in [2.45, 2.75) is 19.3 Å². The van der Waals surface area contributed by atoms with Gasteiger partial charge in [-0.3, -0.25) is 4.79 Å². The number of carbonyl (C=O) groups is 1. The van der Waals surface area contributed by atoms with Crippen LogP contribution in [0.25, 0.3) is 11.5 Å². The van der Waals surface area contributed by atoms with Crippen molar-refractivity contribution in [1.29, 1.82) is 0 Å². The highest BCUT2D eigenvalue weighted by Gasteiger charge is 2.24. The molecule has 0 radical (unpaired) electrons. The number of nitrogens with one attached hydrogen (secondary N) is 1. The van der Waals surface area contributed by atoms with Crippen LogP contribution in [0, 0.1) is 5.92 Å². The summed E-state index contributed by atoms with van der Waals surface area (Å²) in [7, 11) is 1.68. The molecule has 2 heterocycles. The van der Waals surface area contributed by atoms with Crippen molar-refractivity contribution in [1.82, 2.24) is 15.5 Å². The Morgan fingerprint density at radius 3 is 2.73 bits per heavy atom. The summed E-state index contributed by atoms with van der Waals surface area (Å²) in [5.41, 5.74) is 0.927. The Morgan fingerprint density at radius 1 is 1.32 bits per heavy atom. The molecule has 0 spiro atoms. The molecule has 1 aliphatic rings. The molecule has 0 aliphatic carbocycles. The number of aromatic nitrogens is 2. The zero-order chi connectivity index (χ0) is 15.4. The first-order valence-corrected chi connectivity index (χ1v) is 7.61. The number of carbonyl (C=O) groups excluding carboxylic acids is 1. The minimum Gasteiger partial charge on any atom is -0.359 e. The summed E-state index contributed by atoms with van der Waals surface area (Å²) in [5.74, 6) is 1.74. The van der Waals surface area contributed by atoms with E-state index in [0.29, 0.717) is 24.2 Å². The third kappa shape index (κ3) is 3.27. The molecule has 1 saturated heterocycles. The topological polar surface area (TPSA) is 71.3 Å². The first kappa shape index (κ1) is 14.6. The Labute approximate surface area is 129 Å². The number of benzene rings is 1. The molecule has 1 aromatic heterocycles. The van der Waals surface area contributed by atoms with Gasteiger partial charge in [-0.25, -0.2) is 0 Å². The number of anilines is 1. The van der Waals surface area contributed by atoms with E-state index in [-0.39, 0.29) is 5.91 Å². The van der Waals surface area contributed by atoms with Crippen LogP contribution in [0.1, 0.15) is 19.3 Å². The third-order valence-corrected chi connectivity index (χ3v) is 4.09. The van der Waals surface area contributed by atoms with Crippen LogP contribution < -0.4 is 10.2 Å². The van der Waals surface area contributed by atoms with Crippen molar-refractivity contribution in [3.05, 3.63) is 30.3 Å². The standard InChI is InChI=1S/C16H20N4O2/c1-17-14(21)11-12-7-9-20(10-8-12)16-18-15(22-19-16)13-5-3-2-4-6-13/h2-6,12H,7-11H2,1H3,(H,17,21). The van der Waals surface area contributed by atoms with Gasteiger partial charge in [0.1, 0.15) is 0 Å². The van der Waals surface area contributed by atoms with Gasteiger partial charge in [0.05, 0.1) is 0 Å². The van der Waals surface area contributed by atoms with E-state index in [9.17, 15) is 4.79 Å². The highest BCUT2D eigenvalue weighted by atomic mass is 16.5. The van der Waals surface area contributed by atoms with Crippen molar-refractivity contribution < 1.29 is 9.32 Å². The zero-order valence-corrected chi connectivity index (χ0v) is 12.7. The van der Waals surface area contributed by atoms with Gasteiger partial charge in [0.25, 0.3) is 11.8 Å². The second-order valence-electron chi connectivity index (χ2n) is 5.57. The van der Waals surface area contributed by atoms with Gasteiger partial charge < -0.3 is 14.7 Å². The van der Waals surface area contributed by atoms with Crippen molar-refractivity contribution in [3.63, 3.8) is 0 Å². The van der Waals surface area contributed by atoms with Crippen LogP contribution in [0.3, 0.4) is 0 Å². The minimum atomic E-state index is 0.115. The maximum absolute atomic E-state index is 11.4. The van der Waals surface area contributed by atoms with E-state index in [0.717, 1.165) is 31.5 Å². The first-order chi connectivity index (χ1) is 10.8. The van der Waals surface area contributed by atoms with Gasteiger partial charge in [-0.05, 0) is 36.0 Å². The van der Waals surface area contributed by atoms with Crippen LogP contribution in [0.5, 0.6) is 0 Å². The lowest BCUT2D eigenvalue weighted by Gasteiger charge is -2.30. The van der Waals surface area contributed by atoms with E-state index in [2.05, 4.69) is 20.4 Å². The maximum atomic E-state index is 11.4. The fourth-order valence-corrected chi connectivity index (χ4v) is 2.74. The van der Waals surface area contributed by atoms with Gasteiger partial charge >= 0.3 is 0 Å². The molecule has 3 rings (SSSR count). The molecule has 116 valence electrons. The number of piperidine rings is 1. The Morgan fingerprint density at radius 2 is 2.05 bits per heavy atom. The fraction of sp³-hybridized carbons (Fsp3) is 0.438. The van der Waals surface area contributed by atoms with E-state index < -0.39 is 0 Å². The van der Waals surface area contributed by atoms with Gasteiger partial charge in [0, 0.05) is 32.1 Å². The van der Waals surface area contributed by atoms with E-state index >= 15 is 0 Å². The first-order valence-electron chi connectivity index (χ1n) is 7.61. The normalized spacial score (nSPS) is 15.8. The highest BCUT2D eigenvalue weighted by Crippen LogP contribution is 2.25. The van der Waals surface area contributed by atoms with Crippen LogP contribution in [-0.2, 0) is 4.79 Å². The zero-order valence-electron chi connectivity index (χ0n) is 12.7. The summed E-state index contributed by atoms with van der Waals surface area (Å²) in [5, 5.41) is 6.76. The lowest BCUT2D eigenvalue weighted by Crippen LogP contribution is -2.36. The van der Waals surface area contributed by atoms with E-state index in [4.69, 9.17) is 4.52 Å². The molecule has 0 bridgehead atoms. The van der Waals surface area contributed by atoms with Crippen LogP contribution in [-0.4, -0.2) is 36.2 Å². The van der Waals surface area contributed by atoms with Crippen LogP contribution in [0.4, 0.5) is 5.95 Å². The lowest BCUT2D eigenvalue weighted by molar-refractivity contribution is -0.121. The van der Waals surface area contributed by atoms with Gasteiger partial charge in [0.2, 0.25) is 5.91 Å². The van der Waals surface area contributed by atoms with Crippen LogP contribution >= 0.6 is 0 Å². The molecule has 6 nitrogen and oxygen atoms in total. The van der Waals surface area contributed by atoms with Crippen molar-refractivity contribution in [2.75, 3.05) is 25.0 Å². The summed E-state index contributed by atoms with van der Waals surface area (Å²) in [6.07, 6.45) is 2.55. The summed E-state index contributed by atoms with van der Waals surface area (Å²) in [6.45, 7) is 1.71. The molecule has 1 fully saturated rings. The lowest BCUT2D eigenvalue weighted by atomic mass is 9.93. The molecule has 0 saturated carbocycles. The SMILES string of the molecule is CNC(=O)CC1CCN(c2noc(-c3ccccc3)n2)CC1. The minimum absolute atomic E-state index is 0.115. The van der Waals surface area contributed by atoms with E-state index in [1.165, 1.54) is 0 Å². The smallest absolute Gasteiger partial charge is 0.266 e. The Balaban J connectivity index is 1.60. The third-order valence-electron chi connectivity index (χ3n) is 4.09. The van der Waals surface area contributed by atoms with Gasteiger partial charge in [-0.1, -0.05) is 18.2 Å². The van der Waals surface area contributed by atoms with Crippen molar-refractivity contribution in [3.8, 4) is 11.5 Å². The number of hydrogen-bond donors (Lipinski definition) is 1. The molecular formula is C16H20N4O2. The monoisotopic (exact) mass is 300 g/mol. The van der Waals surface area contributed by atoms with Crippen LogP contribution in [0.15, 0.2) is 34.9 Å². The van der Waals surface area contributed by atoms with Crippen molar-refractivity contribution in [2.24, 2.45) is 5.92 Å². The number of hydrogen-bond acceptors (Lipinski definition) is 5. The predicted molar refractivity (Wildman–Crippen MR) is 83.4 cm³/mol. The molecule has 6 heteroatoms. The molecule has 0 atom stereocenters. The average Bonchev–Trinajstić information content (AvgIpc) is 3.06. The van der Waals surface area contributed by atoms with Gasteiger partial charge in [-0.15, -0.1) is 0 Å². The molecular weight excluding hydrogens is 280 g/mol. The van der Waals surface area contributed by atoms with E-state index in [1.807, 2.05) is 30.3 Å². The molecule has 2 aromatic rings. The average molecular weight is 300 g/mol. The number of nitrogens with zero attached hydrogens (tertiary/aromatic N) is 3. The summed E-state index contributed by atoms with van der Waals surface area (Å²) in [6, 6.07) is 9.75. The number of rotatable bonds is 4. The second-order valence-corrected chi connectivity index (χ2v) is 5.57. The Hall–Kier alpha value is -2.37. The second kappa shape index (κ2) is 6.60. The van der Waals surface area contributed by atoms with E-state index in [1.54, 1.807) is 7.05 Å². The van der Waals surface area contributed by atoms with Crippen molar-refractivity contribution >= 4 is 11.9 Å². The van der Waals surface area contributed by atoms with Gasteiger partial charge in [0.15, 0.2) is 0 Å². The predicted octanol–water partition coefficient (Wildman–Crippen LogP) is 2.09. The Bertz CT molecular complexity index is 618. The summed E-state index contributed by atoms with van der Waals surface area (Å²) in [4.78, 5) is 18.0. The molecule has 1 aliphatic heterocycles. The summed E-state index contributed by atoms with van der Waals surface area (Å²) < 4.78 is 5.35. The summed E-state index contributed by atoms with van der Waals surface area (Å²) >= 11 is 0. The van der Waals surface area contributed by atoms with Gasteiger partial charge in [-0.2, -0.15) is 4.98 Å². The largest absolute Gasteiger partial charge is 0.359 e. The number of amides is 1. The molecule has 22 heavy (non-hydrogen) atoms.